The van der Waals surface area contributed by atoms with Crippen molar-refractivity contribution in [1.82, 2.24) is 5.32 Å². The van der Waals surface area contributed by atoms with E-state index in [1.807, 2.05) is 0 Å². The van der Waals surface area contributed by atoms with E-state index in [-0.39, 0.29) is 5.41 Å². The topological polar surface area (TPSA) is 53.0 Å². The van der Waals surface area contributed by atoms with Gasteiger partial charge in [-0.25, -0.2) is 4.21 Å². The van der Waals surface area contributed by atoms with Crippen LogP contribution in [0.3, 0.4) is 0 Å². The summed E-state index contributed by atoms with van der Waals surface area (Å²) in [6, 6.07) is 0. The summed E-state index contributed by atoms with van der Waals surface area (Å²) in [6.07, 6.45) is 3.37. The number of rotatable bonds is 0. The Labute approximate surface area is 73.9 Å². The molecule has 1 spiro atoms. The third-order valence-electron chi connectivity index (χ3n) is 3.06. The van der Waals surface area contributed by atoms with Gasteiger partial charge in [-0.1, -0.05) is 0 Å². The Balaban J connectivity index is 2.13. The maximum absolute atomic E-state index is 11.5. The minimum absolute atomic E-state index is 0.233. The van der Waals surface area contributed by atoms with Crippen LogP contribution in [0.2, 0.25) is 0 Å². The van der Waals surface area contributed by atoms with Crippen LogP contribution in [0, 0.1) is 10.2 Å². The van der Waals surface area contributed by atoms with E-state index in [1.165, 1.54) is 12.8 Å². The summed E-state index contributed by atoms with van der Waals surface area (Å²) in [5.74, 6) is 1.28. The van der Waals surface area contributed by atoms with Crippen molar-refractivity contribution in [2.45, 2.75) is 19.3 Å². The Bertz CT molecular complexity index is 265. The lowest BCUT2D eigenvalue weighted by atomic mass is 9.80. The summed E-state index contributed by atoms with van der Waals surface area (Å²) < 4.78 is 19.0. The van der Waals surface area contributed by atoms with Gasteiger partial charge < -0.3 is 5.32 Å². The average Bonchev–Trinajstić information content (AvgIpc) is 2.29. The lowest BCUT2D eigenvalue weighted by Crippen LogP contribution is -2.40. The van der Waals surface area contributed by atoms with Gasteiger partial charge in [0.2, 0.25) is 0 Å². The van der Waals surface area contributed by atoms with Gasteiger partial charge in [0.05, 0.1) is 0 Å². The van der Waals surface area contributed by atoms with E-state index < -0.39 is 9.73 Å². The van der Waals surface area contributed by atoms with Crippen molar-refractivity contribution in [1.29, 1.82) is 4.78 Å². The zero-order chi connectivity index (χ0) is 8.66. The number of hydrogen-bond acceptors (Lipinski definition) is 3. The summed E-state index contributed by atoms with van der Waals surface area (Å²) in [5.41, 5.74) is 0.233. The molecule has 0 radical (unpaired) electrons. The molecule has 0 amide bonds. The third-order valence-corrected chi connectivity index (χ3v) is 5.00. The highest BCUT2D eigenvalue weighted by Crippen LogP contribution is 2.37. The van der Waals surface area contributed by atoms with E-state index in [2.05, 4.69) is 5.32 Å². The van der Waals surface area contributed by atoms with Gasteiger partial charge in [-0.05, 0) is 31.2 Å². The molecule has 12 heavy (non-hydrogen) atoms. The Hall–Kier alpha value is -0.0900. The van der Waals surface area contributed by atoms with Crippen LogP contribution in [-0.4, -0.2) is 28.8 Å². The molecule has 0 aromatic rings. The standard InChI is InChI=1S/C8H16N2OS/c9-12(11)5-3-8(7-12)2-1-4-10-6-8/h9-10H,1-7H2. The van der Waals surface area contributed by atoms with E-state index in [9.17, 15) is 4.21 Å². The quantitative estimate of drug-likeness (QED) is 0.591. The molecule has 0 aromatic heterocycles. The number of hydrogen-bond donors (Lipinski definition) is 2. The van der Waals surface area contributed by atoms with Crippen molar-refractivity contribution in [2.75, 3.05) is 24.6 Å². The summed E-state index contributed by atoms with van der Waals surface area (Å²) in [4.78, 5) is 0. The predicted octanol–water partition coefficient (Wildman–Crippen LogP) is 0.807. The summed E-state index contributed by atoms with van der Waals surface area (Å²) in [6.45, 7) is 2.09. The van der Waals surface area contributed by atoms with Crippen LogP contribution in [0.1, 0.15) is 19.3 Å². The maximum atomic E-state index is 11.5. The Morgan fingerprint density at radius 3 is 2.75 bits per heavy atom. The summed E-state index contributed by atoms with van der Waals surface area (Å²) >= 11 is 0. The molecule has 2 unspecified atom stereocenters. The minimum atomic E-state index is -2.19. The minimum Gasteiger partial charge on any atom is -0.316 e. The summed E-state index contributed by atoms with van der Waals surface area (Å²) in [7, 11) is -2.19. The summed E-state index contributed by atoms with van der Waals surface area (Å²) in [5, 5.41) is 3.35. The van der Waals surface area contributed by atoms with Gasteiger partial charge in [0.15, 0.2) is 0 Å². The average molecular weight is 188 g/mol. The number of nitrogens with one attached hydrogen (secondary N) is 2. The predicted molar refractivity (Wildman–Crippen MR) is 49.7 cm³/mol. The molecule has 2 atom stereocenters. The first kappa shape index (κ1) is 8.51. The van der Waals surface area contributed by atoms with Gasteiger partial charge in [-0.15, -0.1) is 0 Å². The zero-order valence-electron chi connectivity index (χ0n) is 7.27. The van der Waals surface area contributed by atoms with Crippen LogP contribution in [0.25, 0.3) is 0 Å². The maximum Gasteiger partial charge on any atom is 0.0447 e. The van der Waals surface area contributed by atoms with E-state index in [1.54, 1.807) is 0 Å². The molecule has 0 aliphatic carbocycles. The fourth-order valence-electron chi connectivity index (χ4n) is 2.39. The lowest BCUT2D eigenvalue weighted by Gasteiger charge is -2.32. The van der Waals surface area contributed by atoms with Gasteiger partial charge in [0, 0.05) is 27.8 Å². The molecule has 2 rings (SSSR count). The van der Waals surface area contributed by atoms with Crippen LogP contribution in [0.4, 0.5) is 0 Å². The third kappa shape index (κ3) is 1.50. The van der Waals surface area contributed by atoms with Crippen molar-refractivity contribution in [2.24, 2.45) is 5.41 Å². The molecule has 2 saturated heterocycles. The van der Waals surface area contributed by atoms with Crippen molar-refractivity contribution in [3.63, 3.8) is 0 Å². The molecule has 2 aliphatic rings. The molecule has 0 bridgehead atoms. The van der Waals surface area contributed by atoms with E-state index in [0.717, 1.165) is 19.5 Å². The molecule has 2 aliphatic heterocycles. The highest BCUT2D eigenvalue weighted by Gasteiger charge is 2.40. The van der Waals surface area contributed by atoms with Crippen LogP contribution in [-0.2, 0) is 9.73 Å². The molecule has 70 valence electrons. The second kappa shape index (κ2) is 2.70. The Morgan fingerprint density at radius 2 is 2.25 bits per heavy atom. The highest BCUT2D eigenvalue weighted by molar-refractivity contribution is 7.92. The van der Waals surface area contributed by atoms with Gasteiger partial charge >= 0.3 is 0 Å². The van der Waals surface area contributed by atoms with Crippen LogP contribution in [0.5, 0.6) is 0 Å². The second-order valence-electron chi connectivity index (χ2n) is 4.19. The molecular weight excluding hydrogens is 172 g/mol. The largest absolute Gasteiger partial charge is 0.316 e. The van der Waals surface area contributed by atoms with Gasteiger partial charge in [-0.2, -0.15) is 0 Å². The molecule has 4 heteroatoms. The van der Waals surface area contributed by atoms with Crippen molar-refractivity contribution < 1.29 is 4.21 Å². The number of piperidine rings is 1. The molecule has 0 saturated carbocycles. The van der Waals surface area contributed by atoms with Crippen molar-refractivity contribution >= 4 is 9.73 Å². The fourth-order valence-corrected chi connectivity index (χ4v) is 4.67. The van der Waals surface area contributed by atoms with E-state index in [4.69, 9.17) is 4.78 Å². The van der Waals surface area contributed by atoms with Crippen LogP contribution >= 0.6 is 0 Å². The van der Waals surface area contributed by atoms with Crippen LogP contribution in [0.15, 0.2) is 0 Å². The van der Waals surface area contributed by atoms with Gasteiger partial charge in [-0.3, -0.25) is 4.78 Å². The highest BCUT2D eigenvalue weighted by atomic mass is 32.2. The van der Waals surface area contributed by atoms with E-state index >= 15 is 0 Å². The Kier molecular flexibility index (Phi) is 1.92. The fraction of sp³-hybridized carbons (Fsp3) is 1.00. The molecule has 3 nitrogen and oxygen atoms in total. The first-order chi connectivity index (χ1) is 5.62. The van der Waals surface area contributed by atoms with Crippen molar-refractivity contribution in [3.8, 4) is 0 Å². The first-order valence-electron chi connectivity index (χ1n) is 4.57. The lowest BCUT2D eigenvalue weighted by molar-refractivity contribution is 0.245. The normalized spacial score (nSPS) is 48.3. The molecule has 0 aromatic carbocycles. The van der Waals surface area contributed by atoms with Crippen molar-refractivity contribution in [3.05, 3.63) is 0 Å². The SMILES string of the molecule is N=S1(=O)CCC2(CCCNC2)C1. The molecule has 2 fully saturated rings. The monoisotopic (exact) mass is 188 g/mol. The van der Waals surface area contributed by atoms with Crippen LogP contribution < -0.4 is 5.32 Å². The first-order valence-corrected chi connectivity index (χ1v) is 6.47. The molecule has 2 heterocycles. The van der Waals surface area contributed by atoms with E-state index in [0.29, 0.717) is 11.5 Å². The zero-order valence-corrected chi connectivity index (χ0v) is 8.08. The smallest absolute Gasteiger partial charge is 0.0447 e. The molecular formula is C8H16N2OS. The molecule has 2 N–H and O–H groups in total. The Morgan fingerprint density at radius 1 is 1.42 bits per heavy atom. The van der Waals surface area contributed by atoms with Gasteiger partial charge in [0.25, 0.3) is 0 Å². The van der Waals surface area contributed by atoms with Gasteiger partial charge in [0.1, 0.15) is 0 Å². The second-order valence-corrected chi connectivity index (χ2v) is 6.51.